The highest BCUT2D eigenvalue weighted by atomic mass is 19.1. The SMILES string of the molecule is Cc1ccc(-c2ccc(OCCCCCCCCCCCOCC3CCC(C4CCC(=O)CC4)CC3)cc2)cc1F. The van der Waals surface area contributed by atoms with Crippen molar-refractivity contribution in [2.75, 3.05) is 19.8 Å². The lowest BCUT2D eigenvalue weighted by Crippen LogP contribution is -2.27. The van der Waals surface area contributed by atoms with Crippen molar-refractivity contribution in [2.45, 2.75) is 116 Å². The molecule has 0 aromatic heterocycles. The Balaban J connectivity index is 0.909. The molecule has 0 spiro atoms. The van der Waals surface area contributed by atoms with Crippen LogP contribution in [0.4, 0.5) is 4.39 Å². The zero-order chi connectivity index (χ0) is 28.7. The first-order chi connectivity index (χ1) is 20.1. The quantitative estimate of drug-likeness (QED) is 0.179. The van der Waals surface area contributed by atoms with Crippen LogP contribution in [-0.4, -0.2) is 25.6 Å². The van der Waals surface area contributed by atoms with Crippen LogP contribution in [0.15, 0.2) is 42.5 Å². The van der Waals surface area contributed by atoms with Gasteiger partial charge in [-0.1, -0.05) is 69.2 Å². The number of unbranched alkanes of at least 4 members (excludes halogenated alkanes) is 8. The highest BCUT2D eigenvalue weighted by molar-refractivity contribution is 5.79. The molecule has 226 valence electrons. The van der Waals surface area contributed by atoms with E-state index in [0.29, 0.717) is 11.3 Å². The van der Waals surface area contributed by atoms with Crippen LogP contribution in [0.5, 0.6) is 5.75 Å². The summed E-state index contributed by atoms with van der Waals surface area (Å²) in [6.45, 7) is 4.42. The van der Waals surface area contributed by atoms with Gasteiger partial charge in [0, 0.05) is 26.1 Å². The largest absolute Gasteiger partial charge is 0.494 e. The fraction of sp³-hybridized carbons (Fsp3) is 0.649. The van der Waals surface area contributed by atoms with Crippen molar-refractivity contribution >= 4 is 5.78 Å². The van der Waals surface area contributed by atoms with E-state index >= 15 is 0 Å². The molecule has 2 aliphatic carbocycles. The van der Waals surface area contributed by atoms with Crippen LogP contribution in [0, 0.1) is 30.5 Å². The second-order valence-electron chi connectivity index (χ2n) is 12.8. The fourth-order valence-corrected chi connectivity index (χ4v) is 6.76. The van der Waals surface area contributed by atoms with E-state index in [2.05, 4.69) is 0 Å². The lowest BCUT2D eigenvalue weighted by Gasteiger charge is -2.35. The molecule has 41 heavy (non-hydrogen) atoms. The molecule has 0 radical (unpaired) electrons. The van der Waals surface area contributed by atoms with Gasteiger partial charge in [0.2, 0.25) is 0 Å². The molecule has 0 N–H and O–H groups in total. The van der Waals surface area contributed by atoms with Gasteiger partial charge in [-0.05, 0) is 111 Å². The van der Waals surface area contributed by atoms with Gasteiger partial charge in [-0.2, -0.15) is 0 Å². The van der Waals surface area contributed by atoms with Crippen molar-refractivity contribution in [3.8, 4) is 16.9 Å². The third-order valence-corrected chi connectivity index (χ3v) is 9.56. The summed E-state index contributed by atoms with van der Waals surface area (Å²) in [5.74, 6) is 3.66. The van der Waals surface area contributed by atoms with E-state index in [0.717, 1.165) is 86.6 Å². The Labute approximate surface area is 248 Å². The maximum absolute atomic E-state index is 13.8. The van der Waals surface area contributed by atoms with Gasteiger partial charge in [0.15, 0.2) is 0 Å². The van der Waals surface area contributed by atoms with Gasteiger partial charge in [0.05, 0.1) is 6.61 Å². The molecule has 4 rings (SSSR count). The topological polar surface area (TPSA) is 35.5 Å². The molecular weight excluding hydrogens is 511 g/mol. The van der Waals surface area contributed by atoms with Crippen LogP contribution in [0.3, 0.4) is 0 Å². The number of carbonyl (C=O) groups is 1. The van der Waals surface area contributed by atoms with E-state index in [9.17, 15) is 9.18 Å². The van der Waals surface area contributed by atoms with Crippen molar-refractivity contribution in [3.05, 3.63) is 53.8 Å². The summed E-state index contributed by atoms with van der Waals surface area (Å²) in [5, 5.41) is 0. The predicted molar refractivity (Wildman–Crippen MR) is 167 cm³/mol. The molecule has 0 amide bonds. The van der Waals surface area contributed by atoms with Crippen LogP contribution >= 0.6 is 0 Å². The average Bonchev–Trinajstić information content (AvgIpc) is 3.00. The molecule has 0 atom stereocenters. The maximum Gasteiger partial charge on any atom is 0.132 e. The summed E-state index contributed by atoms with van der Waals surface area (Å²) >= 11 is 0. The summed E-state index contributed by atoms with van der Waals surface area (Å²) in [6.07, 6.45) is 20.7. The van der Waals surface area contributed by atoms with Crippen LogP contribution in [-0.2, 0) is 9.53 Å². The first-order valence-electron chi connectivity index (χ1n) is 16.7. The molecule has 2 aromatic rings. The predicted octanol–water partition coefficient (Wildman–Crippen LogP) is 10.3. The van der Waals surface area contributed by atoms with E-state index in [1.54, 1.807) is 13.0 Å². The van der Waals surface area contributed by atoms with Crippen molar-refractivity contribution in [1.82, 2.24) is 0 Å². The number of hydrogen-bond donors (Lipinski definition) is 0. The van der Waals surface area contributed by atoms with Crippen LogP contribution in [0.25, 0.3) is 11.1 Å². The molecule has 2 aliphatic rings. The van der Waals surface area contributed by atoms with E-state index in [-0.39, 0.29) is 5.82 Å². The third-order valence-electron chi connectivity index (χ3n) is 9.56. The number of ether oxygens (including phenoxy) is 2. The number of ketones is 1. The minimum atomic E-state index is -0.164. The first kappa shape index (κ1) is 31.7. The summed E-state index contributed by atoms with van der Waals surface area (Å²) in [6, 6.07) is 13.3. The number of carbonyl (C=O) groups excluding carboxylic acids is 1. The minimum Gasteiger partial charge on any atom is -0.494 e. The zero-order valence-corrected chi connectivity index (χ0v) is 25.5. The maximum atomic E-state index is 13.8. The van der Waals surface area contributed by atoms with Gasteiger partial charge in [-0.3, -0.25) is 4.79 Å². The Hall–Kier alpha value is -2.20. The number of aryl methyl sites for hydroxylation is 1. The second-order valence-corrected chi connectivity index (χ2v) is 12.8. The van der Waals surface area contributed by atoms with Gasteiger partial charge in [-0.15, -0.1) is 0 Å². The highest BCUT2D eigenvalue weighted by Crippen LogP contribution is 2.39. The van der Waals surface area contributed by atoms with Crippen molar-refractivity contribution in [3.63, 3.8) is 0 Å². The lowest BCUT2D eigenvalue weighted by molar-refractivity contribution is -0.121. The number of Topliss-reactive ketones (excluding diaryl/α,β-unsaturated/α-hetero) is 1. The molecule has 0 bridgehead atoms. The minimum absolute atomic E-state index is 0.164. The molecule has 0 saturated heterocycles. The normalized spacial score (nSPS) is 19.9. The van der Waals surface area contributed by atoms with Crippen LogP contribution in [0.1, 0.15) is 115 Å². The van der Waals surface area contributed by atoms with Crippen LogP contribution < -0.4 is 4.74 Å². The first-order valence-corrected chi connectivity index (χ1v) is 16.7. The summed E-state index contributed by atoms with van der Waals surface area (Å²) < 4.78 is 25.8. The Morgan fingerprint density at radius 1 is 0.683 bits per heavy atom. The molecule has 0 heterocycles. The Morgan fingerprint density at radius 3 is 1.88 bits per heavy atom. The van der Waals surface area contributed by atoms with Crippen LogP contribution in [0.2, 0.25) is 0 Å². The van der Waals surface area contributed by atoms with E-state index in [1.165, 1.54) is 77.0 Å². The number of benzene rings is 2. The summed E-state index contributed by atoms with van der Waals surface area (Å²) in [7, 11) is 0. The molecule has 0 aliphatic heterocycles. The second kappa shape index (κ2) is 17.7. The smallest absolute Gasteiger partial charge is 0.132 e. The highest BCUT2D eigenvalue weighted by Gasteiger charge is 2.30. The molecule has 4 heteroatoms. The Bertz CT molecular complexity index is 1010. The average molecular weight is 565 g/mol. The van der Waals surface area contributed by atoms with Gasteiger partial charge < -0.3 is 9.47 Å². The zero-order valence-electron chi connectivity index (χ0n) is 25.5. The van der Waals surface area contributed by atoms with Gasteiger partial charge in [0.25, 0.3) is 0 Å². The summed E-state index contributed by atoms with van der Waals surface area (Å²) in [5.41, 5.74) is 2.57. The van der Waals surface area contributed by atoms with Gasteiger partial charge in [-0.25, -0.2) is 4.39 Å². The molecular formula is C37H53FO3. The molecule has 2 aromatic carbocycles. The lowest BCUT2D eigenvalue weighted by atomic mass is 9.71. The molecule has 3 nitrogen and oxygen atoms in total. The van der Waals surface area contributed by atoms with Gasteiger partial charge in [0.1, 0.15) is 17.3 Å². The molecule has 2 fully saturated rings. The van der Waals surface area contributed by atoms with Gasteiger partial charge >= 0.3 is 0 Å². The number of rotatable bonds is 17. The van der Waals surface area contributed by atoms with Crippen molar-refractivity contribution < 1.29 is 18.7 Å². The Kier molecular flexibility index (Phi) is 13.7. The number of halogens is 1. The van der Waals surface area contributed by atoms with E-state index in [1.807, 2.05) is 36.4 Å². The monoisotopic (exact) mass is 564 g/mol. The van der Waals surface area contributed by atoms with E-state index < -0.39 is 0 Å². The fourth-order valence-electron chi connectivity index (χ4n) is 6.76. The van der Waals surface area contributed by atoms with Crippen molar-refractivity contribution in [2.24, 2.45) is 17.8 Å². The third kappa shape index (κ3) is 11.2. The number of hydrogen-bond acceptors (Lipinski definition) is 3. The summed E-state index contributed by atoms with van der Waals surface area (Å²) in [4.78, 5) is 11.5. The standard InChI is InChI=1S/C37H53FO3/c1-29-11-14-34(27-37(29)38)33-19-23-36(24-20-33)41-26-10-8-6-4-2-3-5-7-9-25-40-28-30-12-15-31(16-13-30)32-17-21-35(39)22-18-32/h11,14,19-20,23-24,27,30-32H,2-10,12-13,15-18,21-22,25-26,28H2,1H3. The molecule has 2 saturated carbocycles. The molecule has 0 unspecified atom stereocenters. The Morgan fingerprint density at radius 2 is 1.24 bits per heavy atom. The van der Waals surface area contributed by atoms with E-state index in [4.69, 9.17) is 9.47 Å². The van der Waals surface area contributed by atoms with Crippen molar-refractivity contribution in [1.29, 1.82) is 0 Å².